The van der Waals surface area contributed by atoms with Gasteiger partial charge in [-0.05, 0) is 6.42 Å². The smallest absolute Gasteiger partial charge is 0.313 e. The fourth-order valence-electron chi connectivity index (χ4n) is 0.738. The molecule has 0 amide bonds. The lowest BCUT2D eigenvalue weighted by molar-refractivity contribution is -0.391. The van der Waals surface area contributed by atoms with Crippen LogP contribution >= 0.6 is 0 Å². The summed E-state index contributed by atoms with van der Waals surface area (Å²) in [6.45, 7) is 2.91. The zero-order chi connectivity index (χ0) is 11.2. The van der Waals surface area contributed by atoms with E-state index in [0.717, 1.165) is 0 Å². The third-order valence-electron chi connectivity index (χ3n) is 1.51. The molecular weight excluding hydrogens is 207 g/mol. The van der Waals surface area contributed by atoms with Crippen molar-refractivity contribution in [3.63, 3.8) is 0 Å². The average Bonchev–Trinajstić information content (AvgIpc) is 2.02. The van der Waals surface area contributed by atoms with Crippen molar-refractivity contribution in [2.24, 2.45) is 0 Å². The van der Waals surface area contributed by atoms with Gasteiger partial charge in [0.15, 0.2) is 0 Å². The second-order valence-electron chi connectivity index (χ2n) is 2.78. The molecule has 0 aromatic rings. The van der Waals surface area contributed by atoms with Crippen LogP contribution in [-0.4, -0.2) is 18.9 Å². The van der Waals surface area contributed by atoms with Crippen LogP contribution in [0.15, 0.2) is 0 Å². The van der Waals surface area contributed by atoms with E-state index in [1.165, 1.54) is 0 Å². The van der Waals surface area contributed by atoms with Gasteiger partial charge >= 0.3 is 12.3 Å². The summed E-state index contributed by atoms with van der Waals surface area (Å²) in [5.74, 6) is 0. The molecule has 0 fully saturated rings. The molecule has 0 aromatic heterocycles. The van der Waals surface area contributed by atoms with Gasteiger partial charge in [-0.1, -0.05) is 26.2 Å². The Hall–Kier alpha value is -0.390. The monoisotopic (exact) mass is 219 g/mol. The number of halogens is 5. The van der Waals surface area contributed by atoms with Crippen LogP contribution in [0.25, 0.3) is 0 Å². The van der Waals surface area contributed by atoms with Crippen LogP contribution in [0.3, 0.4) is 0 Å². The van der Waals surface area contributed by atoms with Crippen LogP contribution in [0.2, 0.25) is 0 Å². The number of hydrogen-bond acceptors (Lipinski definition) is 1. The Bertz CT molecular complexity index is 154. The predicted octanol–water partition coefficient (Wildman–Crippen LogP) is 3.55. The van der Waals surface area contributed by atoms with E-state index in [0.29, 0.717) is 19.3 Å². The molecule has 0 spiro atoms. The molecule has 0 aliphatic carbocycles. The van der Waals surface area contributed by atoms with Gasteiger partial charge in [-0.3, -0.25) is 0 Å². The van der Waals surface area contributed by atoms with E-state index in [1.54, 1.807) is 0 Å². The summed E-state index contributed by atoms with van der Waals surface area (Å²) in [6.07, 6.45) is -8.61. The highest BCUT2D eigenvalue weighted by Crippen LogP contribution is 2.36. The molecule has 6 heteroatoms. The van der Waals surface area contributed by atoms with Crippen LogP contribution in [0, 0.1) is 6.92 Å². The minimum Gasteiger partial charge on any atom is -0.313 e. The molecule has 85 valence electrons. The zero-order valence-corrected chi connectivity index (χ0v) is 7.54. The number of hydrogen-bond donors (Lipinski definition) is 0. The lowest BCUT2D eigenvalue weighted by Crippen LogP contribution is -2.39. The largest absolute Gasteiger partial charge is 0.482 e. The van der Waals surface area contributed by atoms with Crippen molar-refractivity contribution in [1.82, 2.24) is 0 Å². The molecule has 1 radical (unpaired) electrons. The highest BCUT2D eigenvalue weighted by atomic mass is 19.4. The predicted molar refractivity (Wildman–Crippen MR) is 40.8 cm³/mol. The minimum atomic E-state index is -5.63. The number of rotatable bonds is 6. The Morgan fingerprint density at radius 2 is 1.50 bits per heavy atom. The van der Waals surface area contributed by atoms with Gasteiger partial charge in [0.05, 0.1) is 6.61 Å². The summed E-state index contributed by atoms with van der Waals surface area (Å²) >= 11 is 0. The molecule has 0 heterocycles. The van der Waals surface area contributed by atoms with Gasteiger partial charge in [0.1, 0.15) is 0 Å². The third-order valence-corrected chi connectivity index (χ3v) is 1.51. The van der Waals surface area contributed by atoms with Crippen molar-refractivity contribution in [2.45, 2.75) is 38.0 Å². The van der Waals surface area contributed by atoms with Crippen LogP contribution in [0.1, 0.15) is 25.7 Å². The SMILES string of the molecule is [CH2]CCCCCOC(F)(F)C(F)(F)F. The van der Waals surface area contributed by atoms with Gasteiger partial charge in [0, 0.05) is 0 Å². The third kappa shape index (κ3) is 4.74. The lowest BCUT2D eigenvalue weighted by atomic mass is 10.2. The summed E-state index contributed by atoms with van der Waals surface area (Å²) in [5.41, 5.74) is 0. The molecule has 0 saturated carbocycles. The van der Waals surface area contributed by atoms with Gasteiger partial charge in [0.25, 0.3) is 0 Å². The van der Waals surface area contributed by atoms with Gasteiger partial charge in [0.2, 0.25) is 0 Å². The number of unbranched alkanes of at least 4 members (excludes halogenated alkanes) is 3. The molecule has 0 aliphatic heterocycles. The van der Waals surface area contributed by atoms with Crippen molar-refractivity contribution in [3.8, 4) is 0 Å². The Morgan fingerprint density at radius 1 is 0.929 bits per heavy atom. The summed E-state index contributed by atoms with van der Waals surface area (Å²) in [5, 5.41) is 0. The van der Waals surface area contributed by atoms with Crippen LogP contribution < -0.4 is 0 Å². The molecule has 0 N–H and O–H groups in total. The first-order valence-electron chi connectivity index (χ1n) is 4.19. The standard InChI is InChI=1S/C8H12F5O/c1-2-3-4-5-6-14-8(12,13)7(9,10)11/h1-6H2. The van der Waals surface area contributed by atoms with Gasteiger partial charge in [-0.25, -0.2) is 0 Å². The minimum absolute atomic E-state index is 0.182. The zero-order valence-electron chi connectivity index (χ0n) is 7.54. The Morgan fingerprint density at radius 3 is 1.93 bits per heavy atom. The molecular formula is C8H12F5O. The topological polar surface area (TPSA) is 9.23 Å². The molecule has 1 nitrogen and oxygen atoms in total. The van der Waals surface area contributed by atoms with E-state index in [-0.39, 0.29) is 6.42 Å². The number of alkyl halides is 5. The first-order chi connectivity index (χ1) is 6.31. The van der Waals surface area contributed by atoms with E-state index >= 15 is 0 Å². The van der Waals surface area contributed by atoms with Gasteiger partial charge in [-0.2, -0.15) is 22.0 Å². The van der Waals surface area contributed by atoms with Gasteiger partial charge in [-0.15, -0.1) is 0 Å². The normalized spacial score (nSPS) is 13.3. The second kappa shape index (κ2) is 5.48. The van der Waals surface area contributed by atoms with Crippen LogP contribution in [0.4, 0.5) is 22.0 Å². The summed E-state index contributed by atoms with van der Waals surface area (Å²) in [6, 6.07) is 0. The molecule has 14 heavy (non-hydrogen) atoms. The Balaban J connectivity index is 3.67. The Labute approximate surface area is 79.2 Å². The molecule has 0 unspecified atom stereocenters. The van der Waals surface area contributed by atoms with E-state index in [2.05, 4.69) is 11.7 Å². The highest BCUT2D eigenvalue weighted by Gasteiger charge is 2.59. The van der Waals surface area contributed by atoms with Crippen LogP contribution in [0.5, 0.6) is 0 Å². The first kappa shape index (κ1) is 13.6. The van der Waals surface area contributed by atoms with E-state index in [9.17, 15) is 22.0 Å². The summed E-state index contributed by atoms with van der Waals surface area (Å²) < 4.78 is 62.2. The molecule has 0 aliphatic rings. The van der Waals surface area contributed by atoms with Crippen molar-refractivity contribution < 1.29 is 26.7 Å². The molecule has 0 saturated heterocycles. The van der Waals surface area contributed by atoms with E-state index in [1.807, 2.05) is 0 Å². The lowest BCUT2D eigenvalue weighted by Gasteiger charge is -2.19. The highest BCUT2D eigenvalue weighted by molar-refractivity contribution is 4.63. The summed E-state index contributed by atoms with van der Waals surface area (Å²) in [4.78, 5) is 0. The van der Waals surface area contributed by atoms with Crippen LogP contribution in [-0.2, 0) is 4.74 Å². The van der Waals surface area contributed by atoms with Gasteiger partial charge < -0.3 is 4.74 Å². The molecule has 0 atom stereocenters. The van der Waals surface area contributed by atoms with E-state index < -0.39 is 18.9 Å². The maximum atomic E-state index is 12.1. The van der Waals surface area contributed by atoms with Crippen molar-refractivity contribution in [3.05, 3.63) is 6.92 Å². The first-order valence-corrected chi connectivity index (χ1v) is 4.19. The second-order valence-corrected chi connectivity index (χ2v) is 2.78. The molecule has 0 rings (SSSR count). The maximum absolute atomic E-state index is 12.1. The number of ether oxygens (including phenoxy) is 1. The van der Waals surface area contributed by atoms with E-state index in [4.69, 9.17) is 0 Å². The quantitative estimate of drug-likeness (QED) is 0.490. The van der Waals surface area contributed by atoms with Crippen molar-refractivity contribution in [1.29, 1.82) is 0 Å². The fourth-order valence-corrected chi connectivity index (χ4v) is 0.738. The average molecular weight is 219 g/mol. The Kier molecular flexibility index (Phi) is 5.33. The fraction of sp³-hybridized carbons (Fsp3) is 0.875. The molecule has 0 bridgehead atoms. The molecule has 0 aromatic carbocycles. The van der Waals surface area contributed by atoms with Crippen molar-refractivity contribution >= 4 is 0 Å². The van der Waals surface area contributed by atoms with Crippen molar-refractivity contribution in [2.75, 3.05) is 6.61 Å². The maximum Gasteiger partial charge on any atom is 0.482 e. The summed E-state index contributed by atoms with van der Waals surface area (Å²) in [7, 11) is 0.